The van der Waals surface area contributed by atoms with Gasteiger partial charge in [0.2, 0.25) is 0 Å². The van der Waals surface area contributed by atoms with Crippen molar-refractivity contribution in [2.75, 3.05) is 0 Å². The standard InChI is InChI=1S/C17H15FN2O/c18-14-7-6-12(10-19)13(9-14)11-21-17-5-1-4-16-15(17)3-2-8-20-16/h1-9H,10-11,19H2. The lowest BCUT2D eigenvalue weighted by molar-refractivity contribution is 0.308. The van der Waals surface area contributed by atoms with E-state index in [2.05, 4.69) is 4.98 Å². The molecule has 0 atom stereocenters. The molecule has 0 saturated carbocycles. The molecule has 0 fully saturated rings. The van der Waals surface area contributed by atoms with Crippen molar-refractivity contribution in [3.8, 4) is 5.75 Å². The Balaban J connectivity index is 1.89. The number of aromatic nitrogens is 1. The van der Waals surface area contributed by atoms with Crippen molar-refractivity contribution in [2.24, 2.45) is 5.73 Å². The molecule has 0 unspecified atom stereocenters. The number of benzene rings is 2. The number of rotatable bonds is 4. The summed E-state index contributed by atoms with van der Waals surface area (Å²) in [5.74, 6) is 0.443. The van der Waals surface area contributed by atoms with Crippen LogP contribution in [0.3, 0.4) is 0 Å². The first kappa shape index (κ1) is 13.5. The van der Waals surface area contributed by atoms with Crippen LogP contribution in [-0.2, 0) is 13.2 Å². The lowest BCUT2D eigenvalue weighted by Crippen LogP contribution is -2.05. The molecule has 21 heavy (non-hydrogen) atoms. The summed E-state index contributed by atoms with van der Waals surface area (Å²) in [5, 5.41) is 0.936. The molecular formula is C17H15FN2O. The monoisotopic (exact) mass is 282 g/mol. The smallest absolute Gasteiger partial charge is 0.129 e. The van der Waals surface area contributed by atoms with Crippen molar-refractivity contribution >= 4 is 10.9 Å². The molecule has 0 aliphatic rings. The van der Waals surface area contributed by atoms with Gasteiger partial charge in [0.25, 0.3) is 0 Å². The van der Waals surface area contributed by atoms with Gasteiger partial charge in [-0.15, -0.1) is 0 Å². The largest absolute Gasteiger partial charge is 0.488 e. The maximum Gasteiger partial charge on any atom is 0.129 e. The Morgan fingerprint density at radius 3 is 2.81 bits per heavy atom. The van der Waals surface area contributed by atoms with E-state index in [1.807, 2.05) is 30.3 Å². The lowest BCUT2D eigenvalue weighted by atomic mass is 10.1. The van der Waals surface area contributed by atoms with Crippen molar-refractivity contribution in [3.63, 3.8) is 0 Å². The van der Waals surface area contributed by atoms with Crippen LogP contribution in [-0.4, -0.2) is 4.98 Å². The van der Waals surface area contributed by atoms with E-state index in [4.69, 9.17) is 10.5 Å². The molecule has 3 aromatic rings. The first-order valence-electron chi connectivity index (χ1n) is 6.72. The summed E-state index contributed by atoms with van der Waals surface area (Å²) in [4.78, 5) is 4.28. The molecular weight excluding hydrogens is 267 g/mol. The molecule has 106 valence electrons. The Bertz CT molecular complexity index is 768. The van der Waals surface area contributed by atoms with E-state index in [0.717, 1.165) is 27.8 Å². The number of ether oxygens (including phenoxy) is 1. The van der Waals surface area contributed by atoms with E-state index in [-0.39, 0.29) is 12.4 Å². The molecule has 1 aromatic heterocycles. The van der Waals surface area contributed by atoms with Crippen LogP contribution >= 0.6 is 0 Å². The average molecular weight is 282 g/mol. The summed E-state index contributed by atoms with van der Waals surface area (Å²) in [6.07, 6.45) is 1.74. The maximum atomic E-state index is 13.4. The van der Waals surface area contributed by atoms with Gasteiger partial charge in [0, 0.05) is 18.1 Å². The molecule has 0 radical (unpaired) electrons. The second-order valence-corrected chi connectivity index (χ2v) is 4.73. The fourth-order valence-electron chi connectivity index (χ4n) is 2.28. The predicted octanol–water partition coefficient (Wildman–Crippen LogP) is 3.41. The topological polar surface area (TPSA) is 48.1 Å². The molecule has 0 amide bonds. The first-order chi connectivity index (χ1) is 10.3. The summed E-state index contributed by atoms with van der Waals surface area (Å²) in [6.45, 7) is 0.633. The zero-order valence-corrected chi connectivity index (χ0v) is 11.4. The van der Waals surface area contributed by atoms with E-state index in [0.29, 0.717) is 6.54 Å². The quantitative estimate of drug-likeness (QED) is 0.797. The molecule has 0 saturated heterocycles. The highest BCUT2D eigenvalue weighted by Gasteiger charge is 2.06. The number of pyridine rings is 1. The molecule has 4 heteroatoms. The van der Waals surface area contributed by atoms with Crippen molar-refractivity contribution in [1.29, 1.82) is 0 Å². The van der Waals surface area contributed by atoms with Crippen LogP contribution in [0, 0.1) is 5.82 Å². The lowest BCUT2D eigenvalue weighted by Gasteiger charge is -2.11. The van der Waals surface area contributed by atoms with Gasteiger partial charge in [0.1, 0.15) is 18.2 Å². The number of nitrogens with two attached hydrogens (primary N) is 1. The van der Waals surface area contributed by atoms with Crippen LogP contribution in [0.1, 0.15) is 11.1 Å². The van der Waals surface area contributed by atoms with Crippen LogP contribution < -0.4 is 10.5 Å². The predicted molar refractivity (Wildman–Crippen MR) is 80.4 cm³/mol. The molecule has 3 rings (SSSR count). The SMILES string of the molecule is NCc1ccc(F)cc1COc1cccc2ncccc12. The number of hydrogen-bond acceptors (Lipinski definition) is 3. The summed E-state index contributed by atoms with van der Waals surface area (Å²) < 4.78 is 19.2. The Morgan fingerprint density at radius 1 is 1.05 bits per heavy atom. The number of nitrogens with zero attached hydrogens (tertiary/aromatic N) is 1. The van der Waals surface area contributed by atoms with Crippen molar-refractivity contribution in [3.05, 3.63) is 71.7 Å². The fraction of sp³-hybridized carbons (Fsp3) is 0.118. The minimum atomic E-state index is -0.287. The van der Waals surface area contributed by atoms with Gasteiger partial charge >= 0.3 is 0 Å². The van der Waals surface area contributed by atoms with Crippen LogP contribution in [0.4, 0.5) is 4.39 Å². The van der Waals surface area contributed by atoms with Crippen LogP contribution in [0.15, 0.2) is 54.7 Å². The zero-order valence-electron chi connectivity index (χ0n) is 11.4. The first-order valence-corrected chi connectivity index (χ1v) is 6.72. The van der Waals surface area contributed by atoms with Gasteiger partial charge in [-0.2, -0.15) is 0 Å². The van der Waals surface area contributed by atoms with Crippen LogP contribution in [0.5, 0.6) is 5.75 Å². The molecule has 2 N–H and O–H groups in total. The van der Waals surface area contributed by atoms with E-state index in [1.54, 1.807) is 12.3 Å². The molecule has 2 aromatic carbocycles. The van der Waals surface area contributed by atoms with Crippen LogP contribution in [0.2, 0.25) is 0 Å². The van der Waals surface area contributed by atoms with E-state index in [1.165, 1.54) is 12.1 Å². The Hall–Kier alpha value is -2.46. The van der Waals surface area contributed by atoms with E-state index >= 15 is 0 Å². The molecule has 0 bridgehead atoms. The summed E-state index contributed by atoms with van der Waals surface area (Å²) in [7, 11) is 0. The zero-order chi connectivity index (χ0) is 14.7. The van der Waals surface area contributed by atoms with Gasteiger partial charge in [0.15, 0.2) is 0 Å². The second kappa shape index (κ2) is 5.89. The number of fused-ring (bicyclic) bond motifs is 1. The molecule has 0 aliphatic heterocycles. The highest BCUT2D eigenvalue weighted by atomic mass is 19.1. The Kier molecular flexibility index (Phi) is 3.79. The number of hydrogen-bond donors (Lipinski definition) is 1. The van der Waals surface area contributed by atoms with Gasteiger partial charge in [-0.05, 0) is 47.5 Å². The van der Waals surface area contributed by atoms with Gasteiger partial charge in [-0.25, -0.2) is 4.39 Å². The summed E-state index contributed by atoms with van der Waals surface area (Å²) in [5.41, 5.74) is 8.19. The second-order valence-electron chi connectivity index (χ2n) is 4.73. The Morgan fingerprint density at radius 2 is 1.95 bits per heavy atom. The van der Waals surface area contributed by atoms with Crippen molar-refractivity contribution in [2.45, 2.75) is 13.2 Å². The van der Waals surface area contributed by atoms with E-state index < -0.39 is 0 Å². The highest BCUT2D eigenvalue weighted by Crippen LogP contribution is 2.25. The summed E-state index contributed by atoms with van der Waals surface area (Å²) >= 11 is 0. The van der Waals surface area contributed by atoms with Gasteiger partial charge in [-0.3, -0.25) is 4.98 Å². The molecule has 1 heterocycles. The van der Waals surface area contributed by atoms with Crippen molar-refractivity contribution in [1.82, 2.24) is 4.98 Å². The average Bonchev–Trinajstić information content (AvgIpc) is 2.53. The third kappa shape index (κ3) is 2.85. The molecule has 0 aliphatic carbocycles. The Labute approximate surface area is 122 Å². The van der Waals surface area contributed by atoms with Gasteiger partial charge in [0.05, 0.1) is 5.52 Å². The third-order valence-corrected chi connectivity index (χ3v) is 3.38. The highest BCUT2D eigenvalue weighted by molar-refractivity contribution is 5.84. The van der Waals surface area contributed by atoms with Crippen LogP contribution in [0.25, 0.3) is 10.9 Å². The number of halogens is 1. The minimum absolute atomic E-state index is 0.276. The molecule has 0 spiro atoms. The van der Waals surface area contributed by atoms with Crippen molar-refractivity contribution < 1.29 is 9.13 Å². The molecule has 3 nitrogen and oxygen atoms in total. The normalized spacial score (nSPS) is 10.8. The minimum Gasteiger partial charge on any atom is -0.488 e. The summed E-state index contributed by atoms with van der Waals surface area (Å²) in [6, 6.07) is 14.1. The van der Waals surface area contributed by atoms with E-state index in [9.17, 15) is 4.39 Å². The third-order valence-electron chi connectivity index (χ3n) is 3.38. The fourth-order valence-corrected chi connectivity index (χ4v) is 2.28. The maximum absolute atomic E-state index is 13.4. The van der Waals surface area contributed by atoms with Gasteiger partial charge in [-0.1, -0.05) is 12.1 Å². The van der Waals surface area contributed by atoms with Gasteiger partial charge < -0.3 is 10.5 Å².